The van der Waals surface area contributed by atoms with Crippen molar-refractivity contribution in [1.29, 1.82) is 0 Å². The molecule has 0 amide bonds. The van der Waals surface area contributed by atoms with Crippen LogP contribution in [0.3, 0.4) is 0 Å². The number of hydrogen-bond donors (Lipinski definition) is 1. The van der Waals surface area contributed by atoms with Crippen molar-refractivity contribution in [3.63, 3.8) is 0 Å². The normalized spacial score (nSPS) is 13.4. The smallest absolute Gasteiger partial charge is 0.268 e. The number of hydrogen-bond acceptors (Lipinski definition) is 2. The van der Waals surface area contributed by atoms with Crippen molar-refractivity contribution in [2.75, 3.05) is 0 Å². The summed E-state index contributed by atoms with van der Waals surface area (Å²) in [5.41, 5.74) is 1.05. The largest absolute Gasteiger partial charge is 0.546 e. The zero-order valence-electron chi connectivity index (χ0n) is 8.29. The van der Waals surface area contributed by atoms with E-state index in [2.05, 4.69) is 6.58 Å². The van der Waals surface area contributed by atoms with Crippen molar-refractivity contribution in [2.24, 2.45) is 0 Å². The molecular weight excluding hydrogens is 168 g/mol. The lowest BCUT2D eigenvalue weighted by molar-refractivity contribution is 0.131. The molecule has 0 aliphatic rings. The molecule has 0 rings (SSSR count). The summed E-state index contributed by atoms with van der Waals surface area (Å²) in [6.45, 7) is 11.2. The Kier molecular flexibility index (Phi) is 3.74. The van der Waals surface area contributed by atoms with Gasteiger partial charge in [0.15, 0.2) is 0 Å². The molecule has 0 aromatic carbocycles. The first-order chi connectivity index (χ1) is 5.27. The molecule has 0 aromatic heterocycles. The Morgan fingerprint density at radius 3 is 2.25 bits per heavy atom. The zero-order valence-corrected chi connectivity index (χ0v) is 9.29. The van der Waals surface area contributed by atoms with Gasteiger partial charge < -0.3 is 9.53 Å². The molecule has 0 saturated carbocycles. The van der Waals surface area contributed by atoms with Gasteiger partial charge in [0, 0.05) is 0 Å². The predicted octanol–water partition coefficient (Wildman–Crippen LogP) is 2.22. The molecule has 12 heavy (non-hydrogen) atoms. The molecule has 0 atom stereocenters. The average Bonchev–Trinajstić information content (AvgIpc) is 1.84. The molecular formula is C9H18O2Si. The molecule has 0 heterocycles. The third-order valence-electron chi connectivity index (χ3n) is 1.34. The summed E-state index contributed by atoms with van der Waals surface area (Å²) in [6, 6.07) is 0. The minimum atomic E-state index is -1.71. The van der Waals surface area contributed by atoms with Gasteiger partial charge in [0.05, 0.1) is 11.9 Å². The maximum absolute atomic E-state index is 9.31. The Morgan fingerprint density at radius 1 is 1.42 bits per heavy atom. The standard InChI is InChI=1S/C9H18O2Si/c1-6-12(4,5)11-8-7-9(2,3)10/h6-8,10H,1H2,2-5H3. The Labute approximate surface area is 75.7 Å². The van der Waals surface area contributed by atoms with Gasteiger partial charge in [-0.25, -0.2) is 0 Å². The summed E-state index contributed by atoms with van der Waals surface area (Å²) in [4.78, 5) is 0. The van der Waals surface area contributed by atoms with E-state index < -0.39 is 13.9 Å². The summed E-state index contributed by atoms with van der Waals surface area (Å²) in [6.07, 6.45) is 3.19. The predicted molar refractivity (Wildman–Crippen MR) is 54.2 cm³/mol. The van der Waals surface area contributed by atoms with Gasteiger partial charge in [0.25, 0.3) is 8.32 Å². The van der Waals surface area contributed by atoms with Gasteiger partial charge >= 0.3 is 0 Å². The zero-order chi connectivity index (χ0) is 9.83. The van der Waals surface area contributed by atoms with Crippen molar-refractivity contribution in [1.82, 2.24) is 0 Å². The summed E-state index contributed by atoms with van der Waals surface area (Å²) in [7, 11) is -1.71. The van der Waals surface area contributed by atoms with Gasteiger partial charge in [0.2, 0.25) is 0 Å². The first kappa shape index (κ1) is 11.5. The van der Waals surface area contributed by atoms with Crippen molar-refractivity contribution in [3.8, 4) is 0 Å². The molecule has 0 bridgehead atoms. The molecule has 0 spiro atoms. The van der Waals surface area contributed by atoms with Crippen molar-refractivity contribution in [2.45, 2.75) is 32.5 Å². The molecule has 0 aliphatic carbocycles. The van der Waals surface area contributed by atoms with Crippen LogP contribution in [-0.4, -0.2) is 19.0 Å². The van der Waals surface area contributed by atoms with Crippen LogP contribution >= 0.6 is 0 Å². The quantitative estimate of drug-likeness (QED) is 0.539. The molecule has 2 nitrogen and oxygen atoms in total. The lowest BCUT2D eigenvalue weighted by atomic mass is 10.1. The van der Waals surface area contributed by atoms with Gasteiger partial charge in [-0.15, -0.1) is 6.58 Å². The Morgan fingerprint density at radius 2 is 1.92 bits per heavy atom. The lowest BCUT2D eigenvalue weighted by Gasteiger charge is -2.17. The highest BCUT2D eigenvalue weighted by Gasteiger charge is 2.17. The molecule has 0 radical (unpaired) electrons. The first-order valence-corrected chi connectivity index (χ1v) is 6.97. The Balaban J connectivity index is 3.99. The van der Waals surface area contributed by atoms with Crippen LogP contribution in [0.25, 0.3) is 0 Å². The maximum Gasteiger partial charge on any atom is 0.268 e. The van der Waals surface area contributed by atoms with E-state index in [-0.39, 0.29) is 0 Å². The summed E-state index contributed by atoms with van der Waals surface area (Å²) in [5.74, 6) is 0. The fourth-order valence-electron chi connectivity index (χ4n) is 0.424. The second-order valence-corrected chi connectivity index (χ2v) is 7.73. The van der Waals surface area contributed by atoms with Crippen LogP contribution in [-0.2, 0) is 4.43 Å². The van der Waals surface area contributed by atoms with Gasteiger partial charge in [-0.2, -0.15) is 0 Å². The second-order valence-electron chi connectivity index (χ2n) is 3.88. The third-order valence-corrected chi connectivity index (χ3v) is 3.07. The van der Waals surface area contributed by atoms with E-state index in [1.165, 1.54) is 0 Å². The highest BCUT2D eigenvalue weighted by atomic mass is 28.4. The summed E-state index contributed by atoms with van der Waals surface area (Å²) < 4.78 is 5.43. The number of aliphatic hydroxyl groups is 1. The topological polar surface area (TPSA) is 29.5 Å². The molecule has 0 aromatic rings. The molecule has 0 unspecified atom stereocenters. The molecule has 3 heteroatoms. The molecule has 70 valence electrons. The van der Waals surface area contributed by atoms with E-state index >= 15 is 0 Å². The third kappa shape index (κ3) is 6.19. The second kappa shape index (κ2) is 3.91. The van der Waals surface area contributed by atoms with Crippen LogP contribution < -0.4 is 0 Å². The van der Waals surface area contributed by atoms with Crippen LogP contribution in [0.4, 0.5) is 0 Å². The minimum Gasteiger partial charge on any atom is -0.546 e. The van der Waals surface area contributed by atoms with Crippen molar-refractivity contribution in [3.05, 3.63) is 24.6 Å². The molecule has 1 N–H and O–H groups in total. The van der Waals surface area contributed by atoms with Gasteiger partial charge in [-0.1, -0.05) is 5.70 Å². The summed E-state index contributed by atoms with van der Waals surface area (Å²) in [5, 5.41) is 9.31. The van der Waals surface area contributed by atoms with Crippen LogP contribution in [0, 0.1) is 0 Å². The van der Waals surface area contributed by atoms with Gasteiger partial charge in [-0.3, -0.25) is 0 Å². The first-order valence-electron chi connectivity index (χ1n) is 3.98. The van der Waals surface area contributed by atoms with E-state index in [1.807, 2.05) is 18.8 Å². The fraction of sp³-hybridized carbons (Fsp3) is 0.556. The minimum absolute atomic E-state index is 0.800. The SMILES string of the molecule is C=C[Si](C)(C)OC=CC(C)(C)O. The van der Waals surface area contributed by atoms with Crippen molar-refractivity contribution < 1.29 is 9.53 Å². The van der Waals surface area contributed by atoms with E-state index in [9.17, 15) is 5.11 Å². The van der Waals surface area contributed by atoms with Gasteiger partial charge in [0.1, 0.15) is 0 Å². The monoisotopic (exact) mass is 186 g/mol. The fourth-order valence-corrected chi connectivity index (χ4v) is 0.939. The van der Waals surface area contributed by atoms with Crippen molar-refractivity contribution >= 4 is 8.32 Å². The van der Waals surface area contributed by atoms with Crippen LogP contribution in [0.2, 0.25) is 13.1 Å². The molecule has 0 saturated heterocycles. The van der Waals surface area contributed by atoms with Crippen LogP contribution in [0.15, 0.2) is 24.6 Å². The van der Waals surface area contributed by atoms with E-state index in [1.54, 1.807) is 26.2 Å². The highest BCUT2D eigenvalue weighted by molar-refractivity contribution is 6.76. The van der Waals surface area contributed by atoms with Gasteiger partial charge in [-0.05, 0) is 33.0 Å². The molecule has 0 aliphatic heterocycles. The van der Waals surface area contributed by atoms with E-state index in [4.69, 9.17) is 4.43 Å². The Bertz CT molecular complexity index is 177. The van der Waals surface area contributed by atoms with E-state index in [0.717, 1.165) is 0 Å². The maximum atomic E-state index is 9.31. The Hall–Kier alpha value is -0.543. The summed E-state index contributed by atoms with van der Waals surface area (Å²) >= 11 is 0. The van der Waals surface area contributed by atoms with Crippen LogP contribution in [0.1, 0.15) is 13.8 Å². The average molecular weight is 186 g/mol. The highest BCUT2D eigenvalue weighted by Crippen LogP contribution is 2.08. The van der Waals surface area contributed by atoms with E-state index in [0.29, 0.717) is 0 Å². The molecule has 0 fully saturated rings. The lowest BCUT2D eigenvalue weighted by Crippen LogP contribution is -2.25. The van der Waals surface area contributed by atoms with Crippen LogP contribution in [0.5, 0.6) is 0 Å². The number of rotatable bonds is 4.